The van der Waals surface area contributed by atoms with Crippen LogP contribution in [0.4, 0.5) is 5.69 Å². The zero-order chi connectivity index (χ0) is 19.8. The number of hydrogen-bond acceptors (Lipinski definition) is 5. The van der Waals surface area contributed by atoms with E-state index in [1.54, 1.807) is 6.26 Å². The number of nitrogens with zero attached hydrogens (tertiary/aromatic N) is 4. The van der Waals surface area contributed by atoms with E-state index in [2.05, 4.69) is 20.8 Å². The molecule has 1 aliphatic carbocycles. The zero-order valence-electron chi connectivity index (χ0n) is 16.5. The zero-order valence-corrected chi connectivity index (χ0v) is 17.3. The molecule has 7 heteroatoms. The van der Waals surface area contributed by atoms with Gasteiger partial charge in [-0.3, -0.25) is 9.36 Å². The standard InChI is InChI=1S/C22H24N4O2S/c1-15(21(27)25-12-4-7-16-6-2-3-9-19(16)25)29-22-24-23-20(17-10-11-17)26(22)14-18-8-5-13-28-18/h2-3,5-6,8-9,13,15,17H,4,7,10-12,14H2,1H3. The van der Waals surface area contributed by atoms with E-state index >= 15 is 0 Å². The Bertz CT molecular complexity index is 1010. The highest BCUT2D eigenvalue weighted by Crippen LogP contribution is 2.41. The number of benzene rings is 1. The van der Waals surface area contributed by atoms with E-state index in [1.807, 2.05) is 42.2 Å². The molecular formula is C22H24N4O2S. The van der Waals surface area contributed by atoms with Crippen LogP contribution in [-0.4, -0.2) is 32.5 Å². The van der Waals surface area contributed by atoms with Crippen molar-refractivity contribution >= 4 is 23.4 Å². The molecule has 0 radical (unpaired) electrons. The Morgan fingerprint density at radius 2 is 2.10 bits per heavy atom. The normalized spacial score (nSPS) is 17.2. The number of fused-ring (bicyclic) bond motifs is 1. The number of para-hydroxylation sites is 1. The highest BCUT2D eigenvalue weighted by molar-refractivity contribution is 8.00. The lowest BCUT2D eigenvalue weighted by molar-refractivity contribution is -0.117. The third-order valence-electron chi connectivity index (χ3n) is 5.59. The molecule has 1 aliphatic heterocycles. The number of carbonyl (C=O) groups excluding carboxylic acids is 1. The van der Waals surface area contributed by atoms with Gasteiger partial charge < -0.3 is 9.32 Å². The van der Waals surface area contributed by atoms with E-state index in [4.69, 9.17) is 4.42 Å². The summed E-state index contributed by atoms with van der Waals surface area (Å²) in [5.74, 6) is 2.49. The summed E-state index contributed by atoms with van der Waals surface area (Å²) in [5.41, 5.74) is 2.30. The van der Waals surface area contributed by atoms with E-state index in [-0.39, 0.29) is 11.2 Å². The molecule has 3 aromatic rings. The SMILES string of the molecule is CC(Sc1nnc(C2CC2)n1Cc1ccco1)C(=O)N1CCCc2ccccc21. The number of thioether (sulfide) groups is 1. The molecule has 0 spiro atoms. The summed E-state index contributed by atoms with van der Waals surface area (Å²) >= 11 is 1.49. The summed E-state index contributed by atoms with van der Waals surface area (Å²) in [6.07, 6.45) is 6.02. The van der Waals surface area contributed by atoms with Gasteiger partial charge in [-0.1, -0.05) is 30.0 Å². The van der Waals surface area contributed by atoms with Gasteiger partial charge in [0, 0.05) is 18.2 Å². The number of anilines is 1. The molecule has 0 N–H and O–H groups in total. The highest BCUT2D eigenvalue weighted by Gasteiger charge is 2.33. The van der Waals surface area contributed by atoms with Gasteiger partial charge in [0.05, 0.1) is 18.1 Å². The molecular weight excluding hydrogens is 384 g/mol. The molecule has 2 aromatic heterocycles. The van der Waals surface area contributed by atoms with Gasteiger partial charge in [0.1, 0.15) is 11.6 Å². The van der Waals surface area contributed by atoms with E-state index < -0.39 is 0 Å². The molecule has 6 nitrogen and oxygen atoms in total. The number of furan rings is 1. The van der Waals surface area contributed by atoms with Gasteiger partial charge in [0.15, 0.2) is 5.16 Å². The summed E-state index contributed by atoms with van der Waals surface area (Å²) in [5, 5.41) is 9.42. The Morgan fingerprint density at radius 3 is 2.90 bits per heavy atom. The monoisotopic (exact) mass is 408 g/mol. The lowest BCUT2D eigenvalue weighted by atomic mass is 10.0. The van der Waals surface area contributed by atoms with E-state index in [0.717, 1.165) is 54.7 Å². The van der Waals surface area contributed by atoms with Gasteiger partial charge in [0.2, 0.25) is 5.91 Å². The quantitative estimate of drug-likeness (QED) is 0.570. The number of aromatic nitrogens is 3. The Kier molecular flexibility index (Phi) is 4.91. The lowest BCUT2D eigenvalue weighted by Crippen LogP contribution is -2.40. The van der Waals surface area contributed by atoms with Gasteiger partial charge in [0.25, 0.3) is 0 Å². The predicted octanol–water partition coefficient (Wildman–Crippen LogP) is 4.26. The molecule has 29 heavy (non-hydrogen) atoms. The highest BCUT2D eigenvalue weighted by atomic mass is 32.2. The van der Waals surface area contributed by atoms with Crippen molar-refractivity contribution in [2.24, 2.45) is 0 Å². The molecule has 5 rings (SSSR count). The number of hydrogen-bond donors (Lipinski definition) is 0. The molecule has 1 atom stereocenters. The van der Waals surface area contributed by atoms with Crippen molar-refractivity contribution in [1.82, 2.24) is 14.8 Å². The van der Waals surface area contributed by atoms with Crippen LogP contribution in [0.5, 0.6) is 0 Å². The second-order valence-corrected chi connectivity index (χ2v) is 9.07. The molecule has 1 aromatic carbocycles. The van der Waals surface area contributed by atoms with Gasteiger partial charge >= 0.3 is 0 Å². The Morgan fingerprint density at radius 1 is 1.24 bits per heavy atom. The molecule has 0 bridgehead atoms. The van der Waals surface area contributed by atoms with Gasteiger partial charge in [-0.15, -0.1) is 10.2 Å². The van der Waals surface area contributed by atoms with Crippen molar-refractivity contribution in [3.63, 3.8) is 0 Å². The van der Waals surface area contributed by atoms with Crippen LogP contribution in [0.15, 0.2) is 52.2 Å². The van der Waals surface area contributed by atoms with Crippen molar-refractivity contribution in [1.29, 1.82) is 0 Å². The first-order valence-electron chi connectivity index (χ1n) is 10.2. The van der Waals surface area contributed by atoms with Crippen molar-refractivity contribution in [3.8, 4) is 0 Å². The third kappa shape index (κ3) is 3.71. The summed E-state index contributed by atoms with van der Waals surface area (Å²) in [4.78, 5) is 15.2. The topological polar surface area (TPSA) is 64.2 Å². The van der Waals surface area contributed by atoms with Gasteiger partial charge in [-0.25, -0.2) is 0 Å². The van der Waals surface area contributed by atoms with Crippen LogP contribution < -0.4 is 4.90 Å². The number of amides is 1. The van der Waals surface area contributed by atoms with Crippen LogP contribution in [0.2, 0.25) is 0 Å². The molecule has 3 heterocycles. The second-order valence-electron chi connectivity index (χ2n) is 7.76. The summed E-state index contributed by atoms with van der Waals surface area (Å²) in [7, 11) is 0. The average molecular weight is 409 g/mol. The first kappa shape index (κ1) is 18.5. The summed E-state index contributed by atoms with van der Waals surface area (Å²) in [6.45, 7) is 3.34. The molecule has 2 aliphatic rings. The first-order chi connectivity index (χ1) is 14.2. The van der Waals surface area contributed by atoms with Crippen molar-refractivity contribution in [3.05, 3.63) is 59.8 Å². The minimum Gasteiger partial charge on any atom is -0.467 e. The van der Waals surface area contributed by atoms with Gasteiger partial charge in [-0.2, -0.15) is 0 Å². The van der Waals surface area contributed by atoms with Crippen LogP contribution in [0, 0.1) is 0 Å². The maximum atomic E-state index is 13.3. The first-order valence-corrected chi connectivity index (χ1v) is 11.1. The number of aryl methyl sites for hydroxylation is 1. The molecule has 1 saturated carbocycles. The van der Waals surface area contributed by atoms with Crippen LogP contribution in [-0.2, 0) is 17.8 Å². The molecule has 150 valence electrons. The minimum atomic E-state index is -0.243. The maximum absolute atomic E-state index is 13.3. The molecule has 1 amide bonds. The van der Waals surface area contributed by atoms with Crippen LogP contribution in [0.25, 0.3) is 0 Å². The maximum Gasteiger partial charge on any atom is 0.240 e. The van der Waals surface area contributed by atoms with Crippen molar-refractivity contribution in [2.75, 3.05) is 11.4 Å². The fourth-order valence-electron chi connectivity index (χ4n) is 3.93. The fourth-order valence-corrected chi connectivity index (χ4v) is 4.85. The Balaban J connectivity index is 1.37. The fraction of sp³-hybridized carbons (Fsp3) is 0.409. The minimum absolute atomic E-state index is 0.127. The molecule has 1 unspecified atom stereocenters. The summed E-state index contributed by atoms with van der Waals surface area (Å²) < 4.78 is 7.66. The van der Waals surface area contributed by atoms with Crippen molar-refractivity contribution < 1.29 is 9.21 Å². The van der Waals surface area contributed by atoms with Crippen LogP contribution in [0.1, 0.15) is 49.3 Å². The molecule has 1 fully saturated rings. The summed E-state index contributed by atoms with van der Waals surface area (Å²) in [6, 6.07) is 12.1. The van der Waals surface area contributed by atoms with Gasteiger partial charge in [-0.05, 0) is 56.4 Å². The average Bonchev–Trinajstić information content (AvgIpc) is 3.32. The Hall–Kier alpha value is -2.54. The third-order valence-corrected chi connectivity index (χ3v) is 6.66. The van der Waals surface area contributed by atoms with Crippen molar-refractivity contribution in [2.45, 2.75) is 55.5 Å². The largest absolute Gasteiger partial charge is 0.467 e. The number of rotatable bonds is 6. The number of carbonyl (C=O) groups is 1. The predicted molar refractivity (Wildman–Crippen MR) is 112 cm³/mol. The lowest BCUT2D eigenvalue weighted by Gasteiger charge is -2.31. The smallest absolute Gasteiger partial charge is 0.240 e. The van der Waals surface area contributed by atoms with E-state index in [9.17, 15) is 4.79 Å². The Labute approximate surface area is 174 Å². The van der Waals surface area contributed by atoms with Crippen LogP contribution >= 0.6 is 11.8 Å². The van der Waals surface area contributed by atoms with Crippen LogP contribution in [0.3, 0.4) is 0 Å². The second kappa shape index (κ2) is 7.71. The van der Waals surface area contributed by atoms with E-state index in [1.165, 1.54) is 17.3 Å². The van der Waals surface area contributed by atoms with E-state index in [0.29, 0.717) is 12.5 Å². The molecule has 0 saturated heterocycles.